The maximum Gasteiger partial charge on any atom is 0.261 e. The van der Waals surface area contributed by atoms with Crippen molar-refractivity contribution in [1.29, 1.82) is 0 Å². The van der Waals surface area contributed by atoms with E-state index in [0.717, 1.165) is 21.2 Å². The Morgan fingerprint density at radius 1 is 1.18 bits per heavy atom. The van der Waals surface area contributed by atoms with Crippen molar-refractivity contribution in [3.05, 3.63) is 63.6 Å². The Kier molecular flexibility index (Phi) is 8.05. The topological polar surface area (TPSA) is 58.6 Å². The summed E-state index contributed by atoms with van der Waals surface area (Å²) in [6.07, 6.45) is 0. The molecule has 0 bridgehead atoms. The molecule has 0 unspecified atom stereocenters. The van der Waals surface area contributed by atoms with E-state index in [2.05, 4.69) is 21.2 Å². The van der Waals surface area contributed by atoms with Crippen LogP contribution >= 0.6 is 15.9 Å². The highest BCUT2D eigenvalue weighted by atomic mass is 79.9. The van der Waals surface area contributed by atoms with Crippen molar-refractivity contribution in [2.24, 2.45) is 0 Å². The maximum atomic E-state index is 13.0. The lowest BCUT2D eigenvalue weighted by Crippen LogP contribution is -2.49. The molecule has 0 radical (unpaired) electrons. The molecule has 5 nitrogen and oxygen atoms in total. The van der Waals surface area contributed by atoms with Gasteiger partial charge in [0.15, 0.2) is 6.61 Å². The van der Waals surface area contributed by atoms with Crippen LogP contribution in [0.25, 0.3) is 0 Å². The third-order valence-corrected chi connectivity index (χ3v) is 4.95. The summed E-state index contributed by atoms with van der Waals surface area (Å²) < 4.78 is 6.71. The van der Waals surface area contributed by atoms with E-state index in [0.29, 0.717) is 18.8 Å². The van der Waals surface area contributed by atoms with Crippen LogP contribution in [-0.2, 0) is 16.1 Å². The first-order chi connectivity index (χ1) is 13.3. The number of likely N-dealkylation sites (N-methyl/N-ethyl adjacent to an activating group) is 1. The van der Waals surface area contributed by atoms with Gasteiger partial charge in [-0.1, -0.05) is 40.2 Å². The van der Waals surface area contributed by atoms with Crippen LogP contribution in [0.3, 0.4) is 0 Å². The second-order valence-electron chi connectivity index (χ2n) is 6.78. The van der Waals surface area contributed by atoms with Crippen molar-refractivity contribution < 1.29 is 14.3 Å². The zero-order valence-corrected chi connectivity index (χ0v) is 18.4. The van der Waals surface area contributed by atoms with E-state index in [1.54, 1.807) is 11.8 Å². The molecule has 0 aliphatic heterocycles. The van der Waals surface area contributed by atoms with Gasteiger partial charge >= 0.3 is 0 Å². The Hall–Kier alpha value is -2.34. The highest BCUT2D eigenvalue weighted by molar-refractivity contribution is 9.10. The minimum atomic E-state index is -0.603. The lowest BCUT2D eigenvalue weighted by molar-refractivity contribution is -0.142. The molecule has 1 N–H and O–H groups in total. The van der Waals surface area contributed by atoms with E-state index in [-0.39, 0.29) is 18.4 Å². The zero-order valence-electron chi connectivity index (χ0n) is 16.8. The van der Waals surface area contributed by atoms with E-state index in [1.807, 2.05) is 63.2 Å². The molecule has 2 rings (SSSR count). The fraction of sp³-hybridized carbons (Fsp3) is 0.364. The van der Waals surface area contributed by atoms with Crippen LogP contribution in [0.15, 0.2) is 46.9 Å². The van der Waals surface area contributed by atoms with Gasteiger partial charge in [0.25, 0.3) is 5.91 Å². The van der Waals surface area contributed by atoms with Gasteiger partial charge in [-0.3, -0.25) is 9.59 Å². The molecule has 2 amide bonds. The first-order valence-electron chi connectivity index (χ1n) is 9.33. The number of carbonyl (C=O) groups excluding carboxylic acids is 2. The van der Waals surface area contributed by atoms with Gasteiger partial charge in [-0.25, -0.2) is 0 Å². The van der Waals surface area contributed by atoms with Gasteiger partial charge in [0.05, 0.1) is 0 Å². The number of carbonyl (C=O) groups is 2. The lowest BCUT2D eigenvalue weighted by Gasteiger charge is -2.28. The summed E-state index contributed by atoms with van der Waals surface area (Å²) in [5.74, 6) is 0.263. The van der Waals surface area contributed by atoms with Crippen LogP contribution in [0.2, 0.25) is 0 Å². The number of ether oxygens (including phenoxy) is 1. The van der Waals surface area contributed by atoms with Gasteiger partial charge in [0, 0.05) is 17.6 Å². The Balaban J connectivity index is 2.17. The zero-order chi connectivity index (χ0) is 20.7. The summed E-state index contributed by atoms with van der Waals surface area (Å²) >= 11 is 3.45. The van der Waals surface area contributed by atoms with E-state index in [1.165, 1.54) is 0 Å². The summed E-state index contributed by atoms with van der Waals surface area (Å²) in [5, 5.41) is 2.79. The summed E-state index contributed by atoms with van der Waals surface area (Å²) in [4.78, 5) is 26.9. The van der Waals surface area contributed by atoms with Crippen molar-refractivity contribution in [1.82, 2.24) is 10.2 Å². The fourth-order valence-corrected chi connectivity index (χ4v) is 3.27. The SMILES string of the molecule is CCNC(=O)[C@@H](C)N(Cc1cccc(Br)c1)C(=O)COc1cc(C)ccc1C. The minimum Gasteiger partial charge on any atom is -0.483 e. The first-order valence-corrected chi connectivity index (χ1v) is 10.1. The molecular formula is C22H27BrN2O3. The maximum absolute atomic E-state index is 13.0. The van der Waals surface area contributed by atoms with Crippen molar-refractivity contribution in [2.75, 3.05) is 13.2 Å². The monoisotopic (exact) mass is 446 g/mol. The summed E-state index contributed by atoms with van der Waals surface area (Å²) in [6.45, 7) is 8.23. The Bertz CT molecular complexity index is 838. The number of rotatable bonds is 8. The number of halogens is 1. The average Bonchev–Trinajstić information content (AvgIpc) is 2.66. The second-order valence-corrected chi connectivity index (χ2v) is 7.70. The number of hydrogen-bond donors (Lipinski definition) is 1. The molecule has 2 aromatic rings. The van der Waals surface area contributed by atoms with E-state index >= 15 is 0 Å². The molecule has 0 aromatic heterocycles. The smallest absolute Gasteiger partial charge is 0.261 e. The van der Waals surface area contributed by atoms with E-state index < -0.39 is 6.04 Å². The molecule has 28 heavy (non-hydrogen) atoms. The van der Waals surface area contributed by atoms with Crippen LogP contribution in [0.5, 0.6) is 5.75 Å². The van der Waals surface area contributed by atoms with Crippen molar-refractivity contribution in [2.45, 2.75) is 40.3 Å². The van der Waals surface area contributed by atoms with Gasteiger partial charge in [-0.05, 0) is 62.6 Å². The largest absolute Gasteiger partial charge is 0.483 e. The van der Waals surface area contributed by atoms with E-state index in [9.17, 15) is 9.59 Å². The summed E-state index contributed by atoms with van der Waals surface area (Å²) in [7, 11) is 0. The molecule has 0 aliphatic carbocycles. The number of nitrogens with zero attached hydrogens (tertiary/aromatic N) is 1. The van der Waals surface area contributed by atoms with Crippen molar-refractivity contribution >= 4 is 27.7 Å². The number of hydrogen-bond acceptors (Lipinski definition) is 3. The van der Waals surface area contributed by atoms with Crippen LogP contribution in [0.1, 0.15) is 30.5 Å². The molecule has 0 saturated heterocycles. The molecule has 1 atom stereocenters. The third kappa shape index (κ3) is 6.09. The van der Waals surface area contributed by atoms with Crippen LogP contribution in [-0.4, -0.2) is 35.9 Å². The Morgan fingerprint density at radius 3 is 2.61 bits per heavy atom. The lowest BCUT2D eigenvalue weighted by atomic mass is 10.1. The predicted octanol–water partition coefficient (Wildman–Crippen LogP) is 4.00. The quantitative estimate of drug-likeness (QED) is 0.666. The molecule has 0 saturated carbocycles. The standard InChI is InChI=1S/C22H27BrN2O3/c1-5-24-22(27)17(4)25(13-18-7-6-8-19(23)12-18)21(26)14-28-20-11-15(2)9-10-16(20)3/h6-12,17H,5,13-14H2,1-4H3,(H,24,27)/t17-/m1/s1. The second kappa shape index (κ2) is 10.3. The predicted molar refractivity (Wildman–Crippen MR) is 114 cm³/mol. The number of aryl methyl sites for hydroxylation is 2. The third-order valence-electron chi connectivity index (χ3n) is 4.46. The first kappa shape index (κ1) is 22.0. The molecule has 6 heteroatoms. The number of benzene rings is 2. The normalized spacial score (nSPS) is 11.6. The number of amides is 2. The molecular weight excluding hydrogens is 420 g/mol. The summed E-state index contributed by atoms with van der Waals surface area (Å²) in [5.41, 5.74) is 2.97. The van der Waals surface area contributed by atoms with Crippen LogP contribution in [0, 0.1) is 13.8 Å². The molecule has 0 heterocycles. The van der Waals surface area contributed by atoms with Gasteiger partial charge in [-0.2, -0.15) is 0 Å². The van der Waals surface area contributed by atoms with Gasteiger partial charge < -0.3 is 15.0 Å². The molecule has 0 aliphatic rings. The van der Waals surface area contributed by atoms with Crippen LogP contribution < -0.4 is 10.1 Å². The van der Waals surface area contributed by atoms with Crippen LogP contribution in [0.4, 0.5) is 0 Å². The Labute approximate surface area is 175 Å². The fourth-order valence-electron chi connectivity index (χ4n) is 2.82. The van der Waals surface area contributed by atoms with E-state index in [4.69, 9.17) is 4.74 Å². The number of nitrogens with one attached hydrogen (secondary N) is 1. The average molecular weight is 447 g/mol. The molecule has 0 fully saturated rings. The van der Waals surface area contributed by atoms with Gasteiger partial charge in [0.1, 0.15) is 11.8 Å². The van der Waals surface area contributed by atoms with Crippen molar-refractivity contribution in [3.8, 4) is 5.75 Å². The van der Waals surface area contributed by atoms with Gasteiger partial charge in [-0.15, -0.1) is 0 Å². The molecule has 150 valence electrons. The molecule has 2 aromatic carbocycles. The van der Waals surface area contributed by atoms with Crippen molar-refractivity contribution in [3.63, 3.8) is 0 Å². The van der Waals surface area contributed by atoms with Gasteiger partial charge in [0.2, 0.25) is 5.91 Å². The Morgan fingerprint density at radius 2 is 1.93 bits per heavy atom. The summed E-state index contributed by atoms with van der Waals surface area (Å²) in [6, 6.07) is 13.0. The highest BCUT2D eigenvalue weighted by Gasteiger charge is 2.26. The molecule has 0 spiro atoms. The minimum absolute atomic E-state index is 0.123. The highest BCUT2D eigenvalue weighted by Crippen LogP contribution is 2.20.